The molecule has 138 valence electrons. The molecule has 2 aromatic rings. The van der Waals surface area contributed by atoms with Crippen LogP contribution in [-0.2, 0) is 0 Å². The third-order valence-electron chi connectivity index (χ3n) is 4.08. The zero-order chi connectivity index (χ0) is 19.1. The predicted octanol–water partition coefficient (Wildman–Crippen LogP) is 4.96. The van der Waals surface area contributed by atoms with Crippen LogP contribution in [0.2, 0.25) is 0 Å². The lowest BCUT2D eigenvalue weighted by Gasteiger charge is -2.16. The summed E-state index contributed by atoms with van der Waals surface area (Å²) in [6, 6.07) is 8.39. The molecule has 1 aromatic carbocycles. The van der Waals surface area contributed by atoms with E-state index < -0.39 is 0 Å². The van der Waals surface area contributed by atoms with Gasteiger partial charge in [-0.15, -0.1) is 0 Å². The Balaban J connectivity index is 2.29. The Morgan fingerprint density at radius 2 is 1.88 bits per heavy atom. The molecule has 5 heteroatoms. The molecular formula is C21H27FN4. The number of pyridine rings is 1. The van der Waals surface area contributed by atoms with Gasteiger partial charge in [-0.25, -0.2) is 4.39 Å². The Labute approximate surface area is 155 Å². The smallest absolute Gasteiger partial charge is 0.123 e. The van der Waals surface area contributed by atoms with Gasteiger partial charge in [-0.1, -0.05) is 13.8 Å². The molecule has 0 spiro atoms. The summed E-state index contributed by atoms with van der Waals surface area (Å²) in [4.78, 5) is 8.90. The third kappa shape index (κ3) is 5.49. The van der Waals surface area contributed by atoms with Crippen molar-refractivity contribution < 1.29 is 4.39 Å². The minimum atomic E-state index is -0.250. The van der Waals surface area contributed by atoms with Crippen molar-refractivity contribution in [3.63, 3.8) is 0 Å². The number of hydrogen-bond donors (Lipinski definition) is 2. The van der Waals surface area contributed by atoms with Crippen LogP contribution in [0, 0.1) is 5.82 Å². The molecular weight excluding hydrogens is 327 g/mol. The molecule has 26 heavy (non-hydrogen) atoms. The highest BCUT2D eigenvalue weighted by molar-refractivity contribution is 5.74. The number of hydrogen-bond acceptors (Lipinski definition) is 4. The van der Waals surface area contributed by atoms with Crippen molar-refractivity contribution in [3.05, 3.63) is 59.7 Å². The third-order valence-corrected chi connectivity index (χ3v) is 4.08. The van der Waals surface area contributed by atoms with Gasteiger partial charge in [-0.2, -0.15) is 0 Å². The first kappa shape index (κ1) is 19.8. The Morgan fingerprint density at radius 3 is 2.50 bits per heavy atom. The maximum Gasteiger partial charge on any atom is 0.123 e. The van der Waals surface area contributed by atoms with Crippen LogP contribution in [0.4, 0.5) is 10.1 Å². The van der Waals surface area contributed by atoms with Crippen LogP contribution >= 0.6 is 0 Å². The van der Waals surface area contributed by atoms with E-state index in [0.29, 0.717) is 5.92 Å². The van der Waals surface area contributed by atoms with Crippen molar-refractivity contribution in [2.24, 2.45) is 4.99 Å². The number of anilines is 1. The summed E-state index contributed by atoms with van der Waals surface area (Å²) in [5, 5.41) is 6.50. The molecule has 1 unspecified atom stereocenters. The summed E-state index contributed by atoms with van der Waals surface area (Å²) >= 11 is 0. The second-order valence-corrected chi connectivity index (χ2v) is 6.56. The number of rotatable bonds is 7. The van der Waals surface area contributed by atoms with Crippen molar-refractivity contribution in [3.8, 4) is 11.3 Å². The van der Waals surface area contributed by atoms with E-state index in [4.69, 9.17) is 0 Å². The average Bonchev–Trinajstić information content (AvgIpc) is 2.61. The Bertz CT molecular complexity index is 779. The largest absolute Gasteiger partial charge is 0.359 e. The Kier molecular flexibility index (Phi) is 7.04. The molecule has 1 atom stereocenters. The van der Waals surface area contributed by atoms with Gasteiger partial charge in [0.15, 0.2) is 0 Å². The first-order valence-corrected chi connectivity index (χ1v) is 8.81. The normalized spacial score (nSPS) is 13.4. The van der Waals surface area contributed by atoms with E-state index in [1.807, 2.05) is 39.2 Å². The van der Waals surface area contributed by atoms with E-state index >= 15 is 0 Å². The zero-order valence-electron chi connectivity index (χ0n) is 16.0. The molecule has 4 nitrogen and oxygen atoms in total. The predicted molar refractivity (Wildman–Crippen MR) is 108 cm³/mol. The van der Waals surface area contributed by atoms with Crippen molar-refractivity contribution in [1.82, 2.24) is 10.3 Å². The molecule has 0 saturated carbocycles. The molecule has 0 saturated heterocycles. The topological polar surface area (TPSA) is 49.3 Å². The molecule has 0 fully saturated rings. The lowest BCUT2D eigenvalue weighted by molar-refractivity contribution is 0.628. The first-order chi connectivity index (χ1) is 12.4. The van der Waals surface area contributed by atoms with Crippen LogP contribution in [0.15, 0.2) is 53.3 Å². The number of allylic oxidation sites excluding steroid dienone is 2. The van der Waals surface area contributed by atoms with Crippen LogP contribution in [0.25, 0.3) is 11.3 Å². The first-order valence-electron chi connectivity index (χ1n) is 8.81. The van der Waals surface area contributed by atoms with Crippen LogP contribution in [0.5, 0.6) is 0 Å². The van der Waals surface area contributed by atoms with Crippen molar-refractivity contribution in [2.45, 2.75) is 39.8 Å². The van der Waals surface area contributed by atoms with Gasteiger partial charge in [0.25, 0.3) is 0 Å². The SMILES string of the molecule is CNC(C)N=C/C=C(\C)Nc1cc(-c2ccc(F)cc2)ncc1C(C)C. The fourth-order valence-electron chi connectivity index (χ4n) is 2.43. The number of nitrogens with one attached hydrogen (secondary N) is 2. The fraction of sp³-hybridized carbons (Fsp3) is 0.333. The van der Waals surface area contributed by atoms with Gasteiger partial charge in [-0.3, -0.25) is 15.3 Å². The number of aromatic nitrogens is 1. The molecule has 0 aliphatic rings. The summed E-state index contributed by atoms with van der Waals surface area (Å²) in [6.45, 7) is 8.25. The van der Waals surface area contributed by atoms with Crippen LogP contribution in [-0.4, -0.2) is 24.4 Å². The quantitative estimate of drug-likeness (QED) is 0.691. The summed E-state index contributed by atoms with van der Waals surface area (Å²) in [6.07, 6.45) is 5.70. The van der Waals surface area contributed by atoms with Crippen LogP contribution < -0.4 is 10.6 Å². The molecule has 1 aromatic heterocycles. The van der Waals surface area contributed by atoms with Crippen molar-refractivity contribution >= 4 is 11.9 Å². The molecule has 2 N–H and O–H groups in total. The van der Waals surface area contributed by atoms with E-state index in [1.54, 1.807) is 18.3 Å². The highest BCUT2D eigenvalue weighted by atomic mass is 19.1. The summed E-state index contributed by atoms with van der Waals surface area (Å²) in [5.41, 5.74) is 4.80. The lowest BCUT2D eigenvalue weighted by atomic mass is 10.0. The summed E-state index contributed by atoms with van der Waals surface area (Å²) < 4.78 is 13.2. The van der Waals surface area contributed by atoms with Gasteiger partial charge in [0.2, 0.25) is 0 Å². The highest BCUT2D eigenvalue weighted by Gasteiger charge is 2.10. The van der Waals surface area contributed by atoms with E-state index in [1.165, 1.54) is 12.1 Å². The highest BCUT2D eigenvalue weighted by Crippen LogP contribution is 2.29. The minimum absolute atomic E-state index is 0.0799. The van der Waals surface area contributed by atoms with Gasteiger partial charge >= 0.3 is 0 Å². The standard InChI is InChI=1S/C21H27FN4/c1-14(2)19-13-25-20(17-6-8-18(22)9-7-17)12-21(19)26-15(3)10-11-24-16(4)23-5/h6-14,16,23H,1-5H3,(H,25,26)/b15-10+,24-11?. The maximum atomic E-state index is 13.2. The van der Waals surface area contributed by atoms with Crippen LogP contribution in [0.1, 0.15) is 39.2 Å². The van der Waals surface area contributed by atoms with E-state index in [0.717, 1.165) is 28.2 Å². The monoisotopic (exact) mass is 354 g/mol. The average molecular weight is 354 g/mol. The molecule has 0 aliphatic carbocycles. The number of nitrogens with zero attached hydrogens (tertiary/aromatic N) is 2. The van der Waals surface area contributed by atoms with Gasteiger partial charge < -0.3 is 5.32 Å². The van der Waals surface area contributed by atoms with Gasteiger partial charge in [0.1, 0.15) is 5.82 Å². The Hall–Kier alpha value is -2.53. The van der Waals surface area contributed by atoms with E-state index in [2.05, 4.69) is 34.5 Å². The fourth-order valence-corrected chi connectivity index (χ4v) is 2.43. The van der Waals surface area contributed by atoms with Crippen LogP contribution in [0.3, 0.4) is 0 Å². The van der Waals surface area contributed by atoms with Gasteiger partial charge in [0, 0.05) is 29.4 Å². The summed E-state index contributed by atoms with van der Waals surface area (Å²) in [5.74, 6) is 0.0813. The van der Waals surface area contributed by atoms with Crippen molar-refractivity contribution in [2.75, 3.05) is 12.4 Å². The van der Waals surface area contributed by atoms with E-state index in [-0.39, 0.29) is 12.0 Å². The van der Waals surface area contributed by atoms with Crippen molar-refractivity contribution in [1.29, 1.82) is 0 Å². The molecule has 0 radical (unpaired) electrons. The lowest BCUT2D eigenvalue weighted by Crippen LogP contribution is -2.18. The zero-order valence-corrected chi connectivity index (χ0v) is 16.0. The minimum Gasteiger partial charge on any atom is -0.359 e. The molecule has 0 amide bonds. The van der Waals surface area contributed by atoms with Gasteiger partial charge in [0.05, 0.1) is 11.9 Å². The number of halogens is 1. The second-order valence-electron chi connectivity index (χ2n) is 6.56. The second kappa shape index (κ2) is 9.25. The molecule has 0 aliphatic heterocycles. The number of benzene rings is 1. The number of aliphatic imine (C=N–C) groups is 1. The van der Waals surface area contributed by atoms with Gasteiger partial charge in [-0.05, 0) is 68.8 Å². The summed E-state index contributed by atoms with van der Waals surface area (Å²) in [7, 11) is 1.87. The van der Waals surface area contributed by atoms with E-state index in [9.17, 15) is 4.39 Å². The maximum absolute atomic E-state index is 13.2. The Morgan fingerprint density at radius 1 is 1.19 bits per heavy atom. The molecule has 2 rings (SSSR count). The molecule has 0 bridgehead atoms. The molecule has 1 heterocycles.